The first-order chi connectivity index (χ1) is 7.58. The van der Waals surface area contributed by atoms with E-state index in [1.54, 1.807) is 13.3 Å². The van der Waals surface area contributed by atoms with Crippen LogP contribution < -0.4 is 9.64 Å². The second kappa shape index (κ2) is 6.03. The monoisotopic (exact) mass is 287 g/mol. The van der Waals surface area contributed by atoms with Crippen molar-refractivity contribution < 1.29 is 4.74 Å². The summed E-state index contributed by atoms with van der Waals surface area (Å²) in [5, 5.41) is 0. The van der Waals surface area contributed by atoms with Crippen LogP contribution in [0, 0.1) is 5.92 Å². The number of hydrogen-bond acceptors (Lipinski definition) is 4. The van der Waals surface area contributed by atoms with Crippen molar-refractivity contribution in [3.8, 4) is 5.88 Å². The summed E-state index contributed by atoms with van der Waals surface area (Å²) in [6, 6.07) is 0. The Bertz CT molecular complexity index is 344. The smallest absolute Gasteiger partial charge is 0.232 e. The van der Waals surface area contributed by atoms with Crippen molar-refractivity contribution in [2.75, 3.05) is 25.1 Å². The molecule has 0 spiro atoms. The van der Waals surface area contributed by atoms with E-state index in [-0.39, 0.29) is 0 Å². The average molecular weight is 288 g/mol. The number of methoxy groups -OCH3 is 1. The standard InChI is InChI=1S/C11H18BrN3O/c1-5-15(7-8(2)3)11-13-6-9(12)10(14-11)16-4/h6,8H,5,7H2,1-4H3. The molecule has 1 rings (SSSR count). The number of hydrogen-bond donors (Lipinski definition) is 0. The van der Waals surface area contributed by atoms with E-state index in [1.165, 1.54) is 0 Å². The van der Waals surface area contributed by atoms with Gasteiger partial charge < -0.3 is 9.64 Å². The molecule has 1 heterocycles. The summed E-state index contributed by atoms with van der Waals surface area (Å²) in [6.07, 6.45) is 1.73. The molecule has 0 fully saturated rings. The fourth-order valence-corrected chi connectivity index (χ4v) is 1.78. The lowest BCUT2D eigenvalue weighted by atomic mass is 10.2. The molecule has 1 aromatic heterocycles. The third-order valence-electron chi connectivity index (χ3n) is 2.14. The van der Waals surface area contributed by atoms with Gasteiger partial charge in [0.05, 0.1) is 17.8 Å². The Hall–Kier alpha value is -0.840. The van der Waals surface area contributed by atoms with Crippen molar-refractivity contribution in [2.45, 2.75) is 20.8 Å². The van der Waals surface area contributed by atoms with Crippen LogP contribution >= 0.6 is 15.9 Å². The normalized spacial score (nSPS) is 10.6. The fraction of sp³-hybridized carbons (Fsp3) is 0.636. The van der Waals surface area contributed by atoms with E-state index in [9.17, 15) is 0 Å². The van der Waals surface area contributed by atoms with Gasteiger partial charge in [-0.2, -0.15) is 4.98 Å². The third kappa shape index (κ3) is 3.33. The lowest BCUT2D eigenvalue weighted by Gasteiger charge is -2.23. The Balaban J connectivity index is 2.92. The minimum atomic E-state index is 0.576. The van der Waals surface area contributed by atoms with Crippen LogP contribution in [0.25, 0.3) is 0 Å². The zero-order valence-electron chi connectivity index (χ0n) is 10.2. The molecular formula is C11H18BrN3O. The second-order valence-electron chi connectivity index (χ2n) is 3.96. The summed E-state index contributed by atoms with van der Waals surface area (Å²) < 4.78 is 5.94. The van der Waals surface area contributed by atoms with Gasteiger partial charge in [0.1, 0.15) is 0 Å². The maximum atomic E-state index is 5.16. The number of nitrogens with zero attached hydrogens (tertiary/aromatic N) is 3. The first-order valence-corrected chi connectivity index (χ1v) is 6.19. The van der Waals surface area contributed by atoms with Crippen molar-refractivity contribution in [3.05, 3.63) is 10.7 Å². The predicted molar refractivity (Wildman–Crippen MR) is 69.0 cm³/mol. The van der Waals surface area contributed by atoms with Gasteiger partial charge in [-0.1, -0.05) is 13.8 Å². The summed E-state index contributed by atoms with van der Waals surface area (Å²) in [5.74, 6) is 1.88. The maximum Gasteiger partial charge on any atom is 0.232 e. The van der Waals surface area contributed by atoms with Gasteiger partial charge >= 0.3 is 0 Å². The zero-order valence-corrected chi connectivity index (χ0v) is 11.8. The molecule has 0 unspecified atom stereocenters. The zero-order chi connectivity index (χ0) is 12.1. The van der Waals surface area contributed by atoms with Crippen molar-refractivity contribution in [1.29, 1.82) is 0 Å². The van der Waals surface area contributed by atoms with Crippen LogP contribution in [-0.2, 0) is 0 Å². The lowest BCUT2D eigenvalue weighted by molar-refractivity contribution is 0.393. The molecule has 5 heteroatoms. The molecule has 16 heavy (non-hydrogen) atoms. The van der Waals surface area contributed by atoms with Crippen LogP contribution in [0.2, 0.25) is 0 Å². The van der Waals surface area contributed by atoms with E-state index in [4.69, 9.17) is 4.74 Å². The molecule has 0 aromatic carbocycles. The van der Waals surface area contributed by atoms with Gasteiger partial charge in [0.15, 0.2) is 0 Å². The molecule has 0 saturated heterocycles. The lowest BCUT2D eigenvalue weighted by Crippen LogP contribution is -2.29. The first-order valence-electron chi connectivity index (χ1n) is 5.40. The number of anilines is 1. The fourth-order valence-electron chi connectivity index (χ4n) is 1.43. The van der Waals surface area contributed by atoms with E-state index in [0.29, 0.717) is 11.8 Å². The van der Waals surface area contributed by atoms with Crippen LogP contribution in [0.1, 0.15) is 20.8 Å². The summed E-state index contributed by atoms with van der Waals surface area (Å²) >= 11 is 3.34. The highest BCUT2D eigenvalue weighted by molar-refractivity contribution is 9.10. The van der Waals surface area contributed by atoms with Crippen molar-refractivity contribution >= 4 is 21.9 Å². The molecule has 1 aromatic rings. The molecule has 0 aliphatic carbocycles. The first kappa shape index (κ1) is 13.2. The minimum Gasteiger partial charge on any atom is -0.480 e. The Morgan fingerprint density at radius 2 is 2.19 bits per heavy atom. The summed E-state index contributed by atoms with van der Waals surface area (Å²) in [5.41, 5.74) is 0. The number of aromatic nitrogens is 2. The molecule has 0 bridgehead atoms. The van der Waals surface area contributed by atoms with E-state index in [0.717, 1.165) is 23.5 Å². The van der Waals surface area contributed by atoms with Gasteiger partial charge in [0, 0.05) is 13.1 Å². The molecule has 0 N–H and O–H groups in total. The van der Waals surface area contributed by atoms with Crippen LogP contribution in [0.3, 0.4) is 0 Å². The van der Waals surface area contributed by atoms with Crippen LogP contribution in [0.4, 0.5) is 5.95 Å². The third-order valence-corrected chi connectivity index (χ3v) is 2.69. The molecule has 0 saturated carbocycles. The van der Waals surface area contributed by atoms with E-state index < -0.39 is 0 Å². The predicted octanol–water partition coefficient (Wildman–Crippen LogP) is 2.73. The molecule has 0 aliphatic rings. The maximum absolute atomic E-state index is 5.16. The molecule has 90 valence electrons. The van der Waals surface area contributed by atoms with Gasteiger partial charge in [-0.15, -0.1) is 0 Å². The van der Waals surface area contributed by atoms with Crippen molar-refractivity contribution in [3.63, 3.8) is 0 Å². The number of halogens is 1. The number of rotatable bonds is 5. The highest BCUT2D eigenvalue weighted by atomic mass is 79.9. The molecule has 0 amide bonds. The van der Waals surface area contributed by atoms with Gasteiger partial charge in [-0.25, -0.2) is 4.98 Å². The Morgan fingerprint density at radius 3 is 2.69 bits per heavy atom. The van der Waals surface area contributed by atoms with Crippen LogP contribution in [0.15, 0.2) is 10.7 Å². The van der Waals surface area contributed by atoms with E-state index in [1.807, 2.05) is 0 Å². The van der Waals surface area contributed by atoms with Gasteiger partial charge in [0.25, 0.3) is 0 Å². The second-order valence-corrected chi connectivity index (χ2v) is 4.81. The highest BCUT2D eigenvalue weighted by Crippen LogP contribution is 2.23. The molecule has 4 nitrogen and oxygen atoms in total. The summed E-state index contributed by atoms with van der Waals surface area (Å²) in [7, 11) is 1.61. The van der Waals surface area contributed by atoms with Crippen molar-refractivity contribution in [2.24, 2.45) is 5.92 Å². The van der Waals surface area contributed by atoms with Gasteiger partial charge in [-0.3, -0.25) is 0 Å². The quantitative estimate of drug-likeness (QED) is 0.835. The van der Waals surface area contributed by atoms with E-state index >= 15 is 0 Å². The molecule has 0 atom stereocenters. The van der Waals surface area contributed by atoms with Crippen LogP contribution in [0.5, 0.6) is 5.88 Å². The topological polar surface area (TPSA) is 38.2 Å². The molecule has 0 aliphatic heterocycles. The molecular weight excluding hydrogens is 270 g/mol. The van der Waals surface area contributed by atoms with Gasteiger partial charge in [-0.05, 0) is 28.8 Å². The Kier molecular flexibility index (Phi) is 4.99. The van der Waals surface area contributed by atoms with Gasteiger partial charge in [0.2, 0.25) is 11.8 Å². The Morgan fingerprint density at radius 1 is 1.50 bits per heavy atom. The van der Waals surface area contributed by atoms with Crippen molar-refractivity contribution in [1.82, 2.24) is 9.97 Å². The highest BCUT2D eigenvalue weighted by Gasteiger charge is 2.12. The summed E-state index contributed by atoms with van der Waals surface area (Å²) in [4.78, 5) is 10.8. The SMILES string of the molecule is CCN(CC(C)C)c1ncc(Br)c(OC)n1. The minimum absolute atomic E-state index is 0.576. The number of ether oxygens (including phenoxy) is 1. The van der Waals surface area contributed by atoms with Crippen LogP contribution in [-0.4, -0.2) is 30.2 Å². The summed E-state index contributed by atoms with van der Waals surface area (Å²) in [6.45, 7) is 8.29. The van der Waals surface area contributed by atoms with E-state index in [2.05, 4.69) is 51.6 Å². The molecule has 0 radical (unpaired) electrons. The average Bonchev–Trinajstić information content (AvgIpc) is 2.26. The Labute approximate surface area is 105 Å². The largest absolute Gasteiger partial charge is 0.480 e.